The summed E-state index contributed by atoms with van der Waals surface area (Å²) in [5, 5.41) is 0. The molecule has 0 aliphatic heterocycles. The van der Waals surface area contributed by atoms with Crippen molar-refractivity contribution in [3.05, 3.63) is 41.7 Å². The first kappa shape index (κ1) is 16.5. The summed E-state index contributed by atoms with van der Waals surface area (Å²) in [6.45, 7) is -0.140. The van der Waals surface area contributed by atoms with Crippen molar-refractivity contribution < 1.29 is 18.7 Å². The van der Waals surface area contributed by atoms with Gasteiger partial charge in [0, 0.05) is 11.5 Å². The van der Waals surface area contributed by atoms with Gasteiger partial charge in [-0.05, 0) is 80.1 Å². The monoisotopic (exact) mass is 342 g/mol. The molecule has 1 aromatic carbocycles. The fourth-order valence-electron chi connectivity index (χ4n) is 5.56. The number of esters is 1. The lowest BCUT2D eigenvalue weighted by Crippen LogP contribution is -2.51. The molecule has 0 unspecified atom stereocenters. The summed E-state index contributed by atoms with van der Waals surface area (Å²) in [4.78, 5) is 24.6. The average molecular weight is 342 g/mol. The molecule has 4 heteroatoms. The van der Waals surface area contributed by atoms with E-state index in [2.05, 4.69) is 0 Å². The van der Waals surface area contributed by atoms with Crippen molar-refractivity contribution in [3.8, 4) is 0 Å². The van der Waals surface area contributed by atoms with Crippen LogP contribution in [-0.4, -0.2) is 18.4 Å². The highest BCUT2D eigenvalue weighted by molar-refractivity contribution is 5.91. The number of halogens is 1. The van der Waals surface area contributed by atoms with Crippen LogP contribution in [0.2, 0.25) is 0 Å². The van der Waals surface area contributed by atoms with Crippen molar-refractivity contribution in [1.82, 2.24) is 0 Å². The molecule has 0 saturated heterocycles. The van der Waals surface area contributed by atoms with Crippen LogP contribution in [0.25, 0.3) is 6.08 Å². The number of benzene rings is 1. The molecule has 0 atom stereocenters. The Labute approximate surface area is 147 Å². The Morgan fingerprint density at radius 1 is 1.12 bits per heavy atom. The predicted octanol–water partition coefficient (Wildman–Crippen LogP) is 4.17. The highest BCUT2D eigenvalue weighted by Crippen LogP contribution is 2.60. The Morgan fingerprint density at radius 2 is 1.76 bits per heavy atom. The smallest absolute Gasteiger partial charge is 0.331 e. The van der Waals surface area contributed by atoms with Gasteiger partial charge in [-0.3, -0.25) is 4.79 Å². The van der Waals surface area contributed by atoms with Crippen LogP contribution in [0.4, 0.5) is 4.39 Å². The fraction of sp³-hybridized carbons (Fsp3) is 0.524. The largest absolute Gasteiger partial charge is 0.455 e. The van der Waals surface area contributed by atoms with Gasteiger partial charge in [0.1, 0.15) is 5.82 Å². The van der Waals surface area contributed by atoms with Crippen LogP contribution in [0, 0.1) is 29.0 Å². The number of ketones is 1. The standard InChI is InChI=1S/C21H23FO3/c22-18-3-1-2-14(9-18)4-5-20(24)25-13-19(23)21-10-15-6-16(11-21)8-17(7-15)12-21/h1-5,9,15-17H,6-8,10-13H2/b5-4-. The second-order valence-corrected chi connectivity index (χ2v) is 8.12. The lowest BCUT2D eigenvalue weighted by Gasteiger charge is -2.55. The summed E-state index contributed by atoms with van der Waals surface area (Å²) in [5.74, 6) is 1.27. The number of hydrogen-bond acceptors (Lipinski definition) is 3. The lowest BCUT2D eigenvalue weighted by atomic mass is 9.48. The quantitative estimate of drug-likeness (QED) is 0.596. The van der Waals surface area contributed by atoms with E-state index < -0.39 is 5.97 Å². The van der Waals surface area contributed by atoms with Crippen LogP contribution in [0.1, 0.15) is 44.1 Å². The second kappa shape index (κ2) is 6.40. The first-order valence-corrected chi connectivity index (χ1v) is 9.16. The van der Waals surface area contributed by atoms with Gasteiger partial charge in [0.2, 0.25) is 0 Å². The van der Waals surface area contributed by atoms with E-state index in [0.29, 0.717) is 23.3 Å². The van der Waals surface area contributed by atoms with Gasteiger partial charge in [0.05, 0.1) is 0 Å². The van der Waals surface area contributed by atoms with E-state index in [1.807, 2.05) is 0 Å². The Kier molecular flexibility index (Phi) is 4.22. The zero-order valence-corrected chi connectivity index (χ0v) is 14.2. The molecule has 4 aliphatic carbocycles. The van der Waals surface area contributed by atoms with Crippen LogP contribution >= 0.6 is 0 Å². The average Bonchev–Trinajstić information content (AvgIpc) is 2.56. The summed E-state index contributed by atoms with van der Waals surface area (Å²) in [7, 11) is 0. The minimum atomic E-state index is -0.553. The molecule has 4 fully saturated rings. The molecule has 3 nitrogen and oxygen atoms in total. The van der Waals surface area contributed by atoms with Gasteiger partial charge in [0.25, 0.3) is 0 Å². The molecule has 0 radical (unpaired) electrons. The lowest BCUT2D eigenvalue weighted by molar-refractivity contribution is -0.155. The van der Waals surface area contributed by atoms with E-state index in [9.17, 15) is 14.0 Å². The summed E-state index contributed by atoms with van der Waals surface area (Å²) < 4.78 is 18.3. The first-order chi connectivity index (χ1) is 12.0. The van der Waals surface area contributed by atoms with E-state index >= 15 is 0 Å². The van der Waals surface area contributed by atoms with Gasteiger partial charge in [-0.2, -0.15) is 0 Å². The third-order valence-corrected chi connectivity index (χ3v) is 6.24. The van der Waals surface area contributed by atoms with Gasteiger partial charge in [-0.25, -0.2) is 9.18 Å². The second-order valence-electron chi connectivity index (χ2n) is 8.12. The Morgan fingerprint density at radius 3 is 2.36 bits per heavy atom. The van der Waals surface area contributed by atoms with Crippen LogP contribution in [0.5, 0.6) is 0 Å². The maximum atomic E-state index is 13.1. The van der Waals surface area contributed by atoms with E-state index in [-0.39, 0.29) is 23.6 Å². The molecule has 5 rings (SSSR count). The number of carbonyl (C=O) groups is 2. The Balaban J connectivity index is 1.33. The number of Topliss-reactive ketones (excluding diaryl/α,β-unsaturated/α-hetero) is 1. The van der Waals surface area contributed by atoms with Crippen LogP contribution in [0.15, 0.2) is 30.3 Å². The fourth-order valence-corrected chi connectivity index (χ4v) is 5.56. The van der Waals surface area contributed by atoms with E-state index in [4.69, 9.17) is 4.74 Å². The zero-order valence-electron chi connectivity index (χ0n) is 14.2. The van der Waals surface area contributed by atoms with Crippen LogP contribution in [-0.2, 0) is 14.3 Å². The molecule has 0 N–H and O–H groups in total. The van der Waals surface area contributed by atoms with Crippen molar-refractivity contribution in [2.75, 3.05) is 6.61 Å². The molecular weight excluding hydrogens is 319 g/mol. The molecule has 132 valence electrons. The summed E-state index contributed by atoms with van der Waals surface area (Å²) in [6.07, 6.45) is 9.54. The molecule has 4 aliphatic rings. The van der Waals surface area contributed by atoms with Crippen molar-refractivity contribution in [3.63, 3.8) is 0 Å². The van der Waals surface area contributed by atoms with E-state index in [1.165, 1.54) is 43.5 Å². The van der Waals surface area contributed by atoms with Crippen molar-refractivity contribution >= 4 is 17.8 Å². The third-order valence-electron chi connectivity index (χ3n) is 6.24. The molecule has 4 bridgehead atoms. The highest BCUT2D eigenvalue weighted by Gasteiger charge is 2.54. The maximum absolute atomic E-state index is 13.1. The van der Waals surface area contributed by atoms with Gasteiger partial charge in [-0.1, -0.05) is 12.1 Å². The predicted molar refractivity (Wildman–Crippen MR) is 92.0 cm³/mol. The molecule has 0 aromatic heterocycles. The Hall–Kier alpha value is -1.97. The number of rotatable bonds is 5. The minimum absolute atomic E-state index is 0.0964. The van der Waals surface area contributed by atoms with Crippen LogP contribution < -0.4 is 0 Å². The molecule has 0 amide bonds. The van der Waals surface area contributed by atoms with E-state index in [0.717, 1.165) is 19.3 Å². The number of carbonyl (C=O) groups excluding carboxylic acids is 2. The van der Waals surface area contributed by atoms with Gasteiger partial charge in [-0.15, -0.1) is 0 Å². The highest BCUT2D eigenvalue weighted by atomic mass is 19.1. The zero-order chi connectivity index (χ0) is 17.4. The Bertz CT molecular complexity index is 686. The summed E-state index contributed by atoms with van der Waals surface area (Å²) >= 11 is 0. The minimum Gasteiger partial charge on any atom is -0.455 e. The van der Waals surface area contributed by atoms with Gasteiger partial charge in [0.15, 0.2) is 12.4 Å². The normalized spacial score (nSPS) is 32.9. The van der Waals surface area contributed by atoms with Crippen molar-refractivity contribution in [1.29, 1.82) is 0 Å². The van der Waals surface area contributed by atoms with Gasteiger partial charge < -0.3 is 4.74 Å². The molecule has 25 heavy (non-hydrogen) atoms. The molecular formula is C21H23FO3. The summed E-state index contributed by atoms with van der Waals surface area (Å²) in [5.41, 5.74) is 0.353. The van der Waals surface area contributed by atoms with E-state index in [1.54, 1.807) is 12.1 Å². The maximum Gasteiger partial charge on any atom is 0.331 e. The van der Waals surface area contributed by atoms with Crippen molar-refractivity contribution in [2.45, 2.75) is 38.5 Å². The van der Waals surface area contributed by atoms with Crippen molar-refractivity contribution in [2.24, 2.45) is 23.2 Å². The van der Waals surface area contributed by atoms with Crippen LogP contribution in [0.3, 0.4) is 0 Å². The molecule has 1 aromatic rings. The number of ether oxygens (including phenoxy) is 1. The van der Waals surface area contributed by atoms with Gasteiger partial charge >= 0.3 is 5.97 Å². The molecule has 4 saturated carbocycles. The molecule has 0 spiro atoms. The SMILES string of the molecule is O=C(/C=C\c1cccc(F)c1)OCC(=O)C12CC3CC(CC(C3)C1)C2. The first-order valence-electron chi connectivity index (χ1n) is 9.16. The number of hydrogen-bond donors (Lipinski definition) is 0. The third kappa shape index (κ3) is 3.39. The summed E-state index contributed by atoms with van der Waals surface area (Å²) in [6, 6.07) is 5.97. The molecule has 0 heterocycles. The topological polar surface area (TPSA) is 43.4 Å².